The van der Waals surface area contributed by atoms with E-state index in [4.69, 9.17) is 17.5 Å². The third-order valence-corrected chi connectivity index (χ3v) is 0. The van der Waals surface area contributed by atoms with Crippen molar-refractivity contribution in [3.8, 4) is 0 Å². The second-order valence-electron chi connectivity index (χ2n) is 0.428. The predicted molar refractivity (Wildman–Crippen MR) is 18.1 cm³/mol. The summed E-state index contributed by atoms with van der Waals surface area (Å²) in [4.78, 5) is 0. The average molecular weight is 120 g/mol. The summed E-state index contributed by atoms with van der Waals surface area (Å²) in [6.45, 7) is 0. The summed E-state index contributed by atoms with van der Waals surface area (Å²) in [5.41, 5.74) is 0. The molecule has 0 bridgehead atoms. The molecule has 0 heterocycles. The minimum atomic E-state index is -4.92. The predicted octanol–water partition coefficient (Wildman–Crippen LogP) is -1.38. The van der Waals surface area contributed by atoms with Crippen LogP contribution in [-0.4, -0.2) is 47.1 Å². The summed E-state index contributed by atoms with van der Waals surface area (Å²) in [5, 5.41) is 0. The fourth-order valence-electron chi connectivity index (χ4n) is 0. The van der Waals surface area contributed by atoms with Crippen LogP contribution < -0.4 is 0 Å². The van der Waals surface area contributed by atoms with Crippen LogP contribution in [0, 0.1) is 0 Å². The molecule has 0 rings (SSSR count). The van der Waals surface area contributed by atoms with Gasteiger partial charge in [-0.15, -0.1) is 0 Å². The zero-order valence-electron chi connectivity index (χ0n) is 3.08. The quantitative estimate of drug-likeness (QED) is 0.243. The van der Waals surface area contributed by atoms with Gasteiger partial charge >= 0.3 is 0 Å². The topological polar surface area (TPSA) is 77.4 Å². The smallest absolute Gasteiger partial charge is 0.215 e. The minimum Gasteiger partial charge on any atom is -0.726 e. The monoisotopic (exact) mass is 120 g/mol. The number of hydrogen-bond donors (Lipinski definition) is 1. The van der Waals surface area contributed by atoms with Crippen molar-refractivity contribution < 1.29 is 17.5 Å². The summed E-state index contributed by atoms with van der Waals surface area (Å²) in [6, 6.07) is 0. The van der Waals surface area contributed by atoms with Crippen LogP contribution in [0.3, 0.4) is 0 Å². The van der Waals surface area contributed by atoms with E-state index in [9.17, 15) is 0 Å². The summed E-state index contributed by atoms with van der Waals surface area (Å²) < 4.78 is 32.8. The molecule has 0 aliphatic rings. The first-order chi connectivity index (χ1) is 2.00. The fraction of sp³-hybridized carbons (Fsp3) is 0. The Morgan fingerprint density at radius 3 is 1.50 bits per heavy atom. The molecule has 6 heteroatoms. The Morgan fingerprint density at radius 2 is 1.50 bits per heavy atom. The molecule has 0 spiro atoms. The van der Waals surface area contributed by atoms with Gasteiger partial charge in [-0.3, -0.25) is 4.55 Å². The first-order valence-electron chi connectivity index (χ1n) is 0.683. The first-order valence-corrected chi connectivity index (χ1v) is 2.05. The average Bonchev–Trinajstić information content (AvgIpc) is 0.722. The van der Waals surface area contributed by atoms with Gasteiger partial charge in [0.1, 0.15) is 0 Å². The SMILES string of the molecule is O=S(=O)([O-])O.[Na]. The Balaban J connectivity index is 0. The van der Waals surface area contributed by atoms with E-state index < -0.39 is 10.4 Å². The van der Waals surface area contributed by atoms with Gasteiger partial charge in [0, 0.05) is 29.6 Å². The Kier molecular flexibility index (Phi) is 4.91. The maximum absolute atomic E-state index is 8.63. The van der Waals surface area contributed by atoms with E-state index in [0.717, 1.165) is 0 Å². The van der Waals surface area contributed by atoms with Crippen molar-refractivity contribution in [1.29, 1.82) is 0 Å². The Labute approximate surface area is 57.4 Å². The second kappa shape index (κ2) is 2.95. The van der Waals surface area contributed by atoms with Crippen LogP contribution in [0.15, 0.2) is 0 Å². The van der Waals surface area contributed by atoms with Gasteiger partial charge in [0.15, 0.2) is 0 Å². The molecule has 0 aromatic rings. The molecular formula is HNaO4S-. The zero-order valence-corrected chi connectivity index (χ0v) is 5.90. The van der Waals surface area contributed by atoms with Crippen molar-refractivity contribution in [3.05, 3.63) is 0 Å². The van der Waals surface area contributed by atoms with Crippen LogP contribution in [0.5, 0.6) is 0 Å². The van der Waals surface area contributed by atoms with Crippen LogP contribution in [0.2, 0.25) is 0 Å². The summed E-state index contributed by atoms with van der Waals surface area (Å²) in [7, 11) is -4.92. The molecule has 0 saturated heterocycles. The van der Waals surface area contributed by atoms with E-state index >= 15 is 0 Å². The molecule has 4 nitrogen and oxygen atoms in total. The van der Waals surface area contributed by atoms with Crippen molar-refractivity contribution in [2.24, 2.45) is 0 Å². The third kappa shape index (κ3) is 96.4. The van der Waals surface area contributed by atoms with Gasteiger partial charge in [-0.1, -0.05) is 0 Å². The molecule has 0 aliphatic carbocycles. The van der Waals surface area contributed by atoms with Crippen molar-refractivity contribution in [3.63, 3.8) is 0 Å². The summed E-state index contributed by atoms with van der Waals surface area (Å²) in [6.07, 6.45) is 0. The van der Waals surface area contributed by atoms with Crippen LogP contribution in [0.4, 0.5) is 0 Å². The van der Waals surface area contributed by atoms with Gasteiger partial charge in [0.25, 0.3) is 0 Å². The summed E-state index contributed by atoms with van der Waals surface area (Å²) in [5.74, 6) is 0. The Hall–Kier alpha value is 0.870. The standard InChI is InChI=1S/Na.H2O4S/c;1-5(2,3)4/h;(H2,1,2,3,4)/p-1. The molecule has 0 amide bonds. The Morgan fingerprint density at radius 1 is 1.50 bits per heavy atom. The first kappa shape index (κ1) is 9.98. The van der Waals surface area contributed by atoms with Gasteiger partial charge < -0.3 is 4.55 Å². The van der Waals surface area contributed by atoms with E-state index in [2.05, 4.69) is 0 Å². The minimum absolute atomic E-state index is 0. The van der Waals surface area contributed by atoms with Crippen LogP contribution in [-0.2, 0) is 10.4 Å². The number of hydrogen-bond acceptors (Lipinski definition) is 3. The zero-order chi connectivity index (χ0) is 4.50. The van der Waals surface area contributed by atoms with Crippen molar-refractivity contribution in [2.75, 3.05) is 0 Å². The van der Waals surface area contributed by atoms with E-state index in [1.807, 2.05) is 0 Å². The normalized spacial score (nSPS) is 9.67. The molecule has 1 radical (unpaired) electrons. The third-order valence-electron chi connectivity index (χ3n) is 0. The van der Waals surface area contributed by atoms with Crippen LogP contribution >= 0.6 is 0 Å². The summed E-state index contributed by atoms with van der Waals surface area (Å²) >= 11 is 0. The molecule has 0 aromatic heterocycles. The van der Waals surface area contributed by atoms with Crippen LogP contribution in [0.25, 0.3) is 0 Å². The van der Waals surface area contributed by atoms with Gasteiger partial charge in [-0.05, 0) is 0 Å². The number of rotatable bonds is 0. The molecule has 0 aromatic carbocycles. The van der Waals surface area contributed by atoms with E-state index in [0.29, 0.717) is 0 Å². The maximum atomic E-state index is 8.63. The van der Waals surface area contributed by atoms with Crippen molar-refractivity contribution in [2.45, 2.75) is 0 Å². The molecular weight excluding hydrogens is 119 g/mol. The molecule has 1 N–H and O–H groups in total. The van der Waals surface area contributed by atoms with Crippen LogP contribution in [0.1, 0.15) is 0 Å². The van der Waals surface area contributed by atoms with E-state index in [1.54, 1.807) is 0 Å². The molecule has 33 valence electrons. The van der Waals surface area contributed by atoms with Crippen molar-refractivity contribution in [1.82, 2.24) is 0 Å². The van der Waals surface area contributed by atoms with Gasteiger partial charge in [-0.25, -0.2) is 8.42 Å². The molecule has 0 atom stereocenters. The van der Waals surface area contributed by atoms with Crippen molar-refractivity contribution >= 4 is 40.0 Å². The molecule has 0 saturated carbocycles. The van der Waals surface area contributed by atoms with Gasteiger partial charge in [-0.2, -0.15) is 0 Å². The fourth-order valence-corrected chi connectivity index (χ4v) is 0. The molecule has 0 fully saturated rings. The molecule has 0 unspecified atom stereocenters. The van der Waals surface area contributed by atoms with E-state index in [1.165, 1.54) is 0 Å². The second-order valence-corrected chi connectivity index (χ2v) is 1.28. The molecule has 6 heavy (non-hydrogen) atoms. The van der Waals surface area contributed by atoms with Gasteiger partial charge in [0.2, 0.25) is 10.4 Å². The van der Waals surface area contributed by atoms with Gasteiger partial charge in [0.05, 0.1) is 0 Å². The maximum Gasteiger partial charge on any atom is 0.215 e. The molecule has 0 aliphatic heterocycles. The Bertz CT molecular complexity index is 90.7. The largest absolute Gasteiger partial charge is 0.726 e. The van der Waals surface area contributed by atoms with E-state index in [-0.39, 0.29) is 29.6 Å².